The van der Waals surface area contributed by atoms with Crippen molar-refractivity contribution in [3.05, 3.63) is 88.6 Å². The molecule has 0 aliphatic heterocycles. The molecule has 212 valence electrons. The summed E-state index contributed by atoms with van der Waals surface area (Å²) in [7, 11) is 5.05. The Labute approximate surface area is 234 Å². The third kappa shape index (κ3) is 6.39. The normalized spacial score (nSPS) is 12.8. The van der Waals surface area contributed by atoms with Gasteiger partial charge in [0.15, 0.2) is 0 Å². The van der Waals surface area contributed by atoms with Gasteiger partial charge in [-0.1, -0.05) is 18.2 Å². The van der Waals surface area contributed by atoms with Crippen molar-refractivity contribution in [2.75, 3.05) is 20.8 Å². The highest BCUT2D eigenvalue weighted by Crippen LogP contribution is 2.28. The molecule has 9 heteroatoms. The summed E-state index contributed by atoms with van der Waals surface area (Å²) in [6.07, 6.45) is -0.0497. The van der Waals surface area contributed by atoms with Crippen LogP contribution in [-0.4, -0.2) is 52.6 Å². The minimum Gasteiger partial charge on any atom is -0.508 e. The van der Waals surface area contributed by atoms with Gasteiger partial charge < -0.3 is 40.0 Å². The fourth-order valence-electron chi connectivity index (χ4n) is 4.90. The van der Waals surface area contributed by atoms with E-state index in [0.29, 0.717) is 34.9 Å². The highest BCUT2D eigenvalue weighted by Gasteiger charge is 2.17. The molecule has 2 atom stereocenters. The van der Waals surface area contributed by atoms with E-state index in [0.717, 1.165) is 28.5 Å². The standard InChI is InChI=1S/C31H37N3O6/c1-19(32-17-28(37)21-9-11-27(36)23(14-21)18-35)12-20-8-10-25-22(13-20)15-26(34(25)2)31(38)33-16-24-29(39-3)6-5-7-30(24)40-4/h5-11,13-15,19,28,32,35-37H,12,16-18H2,1-4H3,(H,33,38)/t19-,28-/m1/s1. The second kappa shape index (κ2) is 12.9. The van der Waals surface area contributed by atoms with Crippen LogP contribution >= 0.6 is 0 Å². The number of aliphatic hydroxyl groups excluding tert-OH is 2. The number of rotatable bonds is 12. The minimum absolute atomic E-state index is 0.00776. The first kappa shape index (κ1) is 28.9. The van der Waals surface area contributed by atoms with Gasteiger partial charge in [-0.15, -0.1) is 0 Å². The third-order valence-corrected chi connectivity index (χ3v) is 7.16. The van der Waals surface area contributed by atoms with Crippen LogP contribution in [0.3, 0.4) is 0 Å². The Hall–Kier alpha value is -4.05. The molecule has 9 nitrogen and oxygen atoms in total. The lowest BCUT2D eigenvalue weighted by Crippen LogP contribution is -2.32. The number of hydrogen-bond donors (Lipinski definition) is 5. The molecule has 0 saturated carbocycles. The zero-order valence-electron chi connectivity index (χ0n) is 23.3. The predicted molar refractivity (Wildman–Crippen MR) is 154 cm³/mol. The number of benzene rings is 3. The molecule has 0 unspecified atom stereocenters. The van der Waals surface area contributed by atoms with Crippen LogP contribution in [0, 0.1) is 0 Å². The van der Waals surface area contributed by atoms with Crippen molar-refractivity contribution < 1.29 is 29.6 Å². The van der Waals surface area contributed by atoms with Crippen LogP contribution in [0.2, 0.25) is 0 Å². The average Bonchev–Trinajstić information content (AvgIpc) is 3.29. The van der Waals surface area contributed by atoms with Gasteiger partial charge >= 0.3 is 0 Å². The zero-order valence-corrected chi connectivity index (χ0v) is 23.3. The summed E-state index contributed by atoms with van der Waals surface area (Å²) in [5.74, 6) is 1.10. The Morgan fingerprint density at radius 1 is 1.02 bits per heavy atom. The van der Waals surface area contributed by atoms with Crippen LogP contribution in [0.25, 0.3) is 10.9 Å². The van der Waals surface area contributed by atoms with Crippen LogP contribution in [0.15, 0.2) is 60.7 Å². The molecule has 40 heavy (non-hydrogen) atoms. The van der Waals surface area contributed by atoms with Gasteiger partial charge in [-0.3, -0.25) is 4.79 Å². The number of phenols is 1. The molecule has 5 N–H and O–H groups in total. The molecule has 0 radical (unpaired) electrons. The van der Waals surface area contributed by atoms with E-state index in [9.17, 15) is 20.1 Å². The molecule has 0 aliphatic rings. The maximum Gasteiger partial charge on any atom is 0.268 e. The number of carbonyl (C=O) groups excluding carboxylic acids is 1. The van der Waals surface area contributed by atoms with Crippen molar-refractivity contribution in [1.29, 1.82) is 0 Å². The summed E-state index contributed by atoms with van der Waals surface area (Å²) in [6, 6.07) is 18.3. The number of fused-ring (bicyclic) bond motifs is 1. The molecule has 1 heterocycles. The van der Waals surface area contributed by atoms with E-state index in [4.69, 9.17) is 9.47 Å². The Kier molecular flexibility index (Phi) is 9.31. The van der Waals surface area contributed by atoms with E-state index in [2.05, 4.69) is 16.7 Å². The van der Waals surface area contributed by atoms with Crippen LogP contribution in [0.5, 0.6) is 17.2 Å². The average molecular weight is 548 g/mol. The molecule has 0 spiro atoms. The number of amides is 1. The van der Waals surface area contributed by atoms with Gasteiger partial charge in [0.25, 0.3) is 5.91 Å². The van der Waals surface area contributed by atoms with Crippen LogP contribution in [-0.2, 0) is 26.6 Å². The Bertz CT molecular complexity index is 1460. The highest BCUT2D eigenvalue weighted by atomic mass is 16.5. The zero-order chi connectivity index (χ0) is 28.8. The van der Waals surface area contributed by atoms with E-state index in [1.54, 1.807) is 26.4 Å². The molecule has 0 aliphatic carbocycles. The van der Waals surface area contributed by atoms with Crippen molar-refractivity contribution in [3.63, 3.8) is 0 Å². The maximum absolute atomic E-state index is 13.1. The lowest BCUT2D eigenvalue weighted by atomic mass is 10.0. The van der Waals surface area contributed by atoms with Crippen molar-refractivity contribution in [2.24, 2.45) is 7.05 Å². The van der Waals surface area contributed by atoms with E-state index in [1.165, 1.54) is 6.07 Å². The molecule has 0 bridgehead atoms. The second-order valence-corrected chi connectivity index (χ2v) is 9.88. The number of aryl methyl sites for hydroxylation is 1. The largest absolute Gasteiger partial charge is 0.508 e. The van der Waals surface area contributed by atoms with Gasteiger partial charge in [-0.2, -0.15) is 0 Å². The molecule has 0 fully saturated rings. The highest BCUT2D eigenvalue weighted by molar-refractivity contribution is 5.98. The number of aromatic hydroxyl groups is 1. The Balaban J connectivity index is 1.39. The Morgan fingerprint density at radius 3 is 2.42 bits per heavy atom. The number of nitrogens with zero attached hydrogens (tertiary/aromatic N) is 1. The van der Waals surface area contributed by atoms with Gasteiger partial charge in [0.05, 0.1) is 39.0 Å². The summed E-state index contributed by atoms with van der Waals surface area (Å²) < 4.78 is 12.7. The smallest absolute Gasteiger partial charge is 0.268 e. The van der Waals surface area contributed by atoms with Crippen LogP contribution in [0.1, 0.15) is 45.8 Å². The SMILES string of the molecule is COc1cccc(OC)c1CNC(=O)c1cc2cc(C[C@@H](C)NC[C@@H](O)c3ccc(O)c(CO)c3)ccc2n1C. The fourth-order valence-corrected chi connectivity index (χ4v) is 4.90. The molecular weight excluding hydrogens is 510 g/mol. The number of aromatic nitrogens is 1. The number of nitrogens with one attached hydrogen (secondary N) is 2. The summed E-state index contributed by atoms with van der Waals surface area (Å²) in [6.45, 7) is 2.34. The van der Waals surface area contributed by atoms with E-state index >= 15 is 0 Å². The second-order valence-electron chi connectivity index (χ2n) is 9.88. The molecule has 1 aromatic heterocycles. The summed E-state index contributed by atoms with van der Waals surface area (Å²) in [4.78, 5) is 13.1. The van der Waals surface area contributed by atoms with Gasteiger partial charge in [0.2, 0.25) is 0 Å². The third-order valence-electron chi connectivity index (χ3n) is 7.16. The quantitative estimate of drug-likeness (QED) is 0.184. The molecule has 1 amide bonds. The molecule has 4 aromatic rings. The first-order valence-corrected chi connectivity index (χ1v) is 13.2. The summed E-state index contributed by atoms with van der Waals surface area (Å²) >= 11 is 0. The number of hydrogen-bond acceptors (Lipinski definition) is 7. The molecule has 4 rings (SSSR count). The number of carbonyl (C=O) groups is 1. The minimum atomic E-state index is -0.776. The predicted octanol–water partition coefficient (Wildman–Crippen LogP) is 3.58. The van der Waals surface area contributed by atoms with Gasteiger partial charge in [-0.05, 0) is 66.9 Å². The molecule has 3 aromatic carbocycles. The first-order chi connectivity index (χ1) is 19.2. The van der Waals surface area contributed by atoms with Gasteiger partial charge in [0, 0.05) is 36.1 Å². The monoisotopic (exact) mass is 547 g/mol. The number of ether oxygens (including phenoxy) is 2. The summed E-state index contributed by atoms with van der Waals surface area (Å²) in [5.41, 5.74) is 4.38. The summed E-state index contributed by atoms with van der Waals surface area (Å²) in [5, 5.41) is 37.0. The topological polar surface area (TPSA) is 125 Å². The fraction of sp³-hybridized carbons (Fsp3) is 0.323. The van der Waals surface area contributed by atoms with Crippen molar-refractivity contribution in [2.45, 2.75) is 38.6 Å². The van der Waals surface area contributed by atoms with Crippen LogP contribution < -0.4 is 20.1 Å². The van der Waals surface area contributed by atoms with Crippen LogP contribution in [0.4, 0.5) is 0 Å². The van der Waals surface area contributed by atoms with Gasteiger partial charge in [0.1, 0.15) is 22.9 Å². The number of methoxy groups -OCH3 is 2. The van der Waals surface area contributed by atoms with Crippen molar-refractivity contribution in [3.8, 4) is 17.2 Å². The van der Waals surface area contributed by atoms with Crippen molar-refractivity contribution in [1.82, 2.24) is 15.2 Å². The number of aliphatic hydroxyl groups is 2. The molecule has 0 saturated heterocycles. The Morgan fingerprint density at radius 2 is 1.75 bits per heavy atom. The lowest BCUT2D eigenvalue weighted by Gasteiger charge is -2.18. The van der Waals surface area contributed by atoms with E-state index in [-0.39, 0.29) is 30.9 Å². The van der Waals surface area contributed by atoms with E-state index in [1.807, 2.05) is 54.9 Å². The van der Waals surface area contributed by atoms with Gasteiger partial charge in [-0.25, -0.2) is 0 Å². The molecular formula is C31H37N3O6. The maximum atomic E-state index is 13.1. The van der Waals surface area contributed by atoms with Crippen molar-refractivity contribution >= 4 is 16.8 Å². The lowest BCUT2D eigenvalue weighted by molar-refractivity contribution is 0.0942. The first-order valence-electron chi connectivity index (χ1n) is 13.2. The van der Waals surface area contributed by atoms with E-state index < -0.39 is 6.10 Å².